The molecule has 0 aliphatic heterocycles. The number of pyridine rings is 1. The Kier molecular flexibility index (Phi) is 7.05. The molecule has 6 nitrogen and oxygen atoms in total. The summed E-state index contributed by atoms with van der Waals surface area (Å²) in [7, 11) is 1.59. The van der Waals surface area contributed by atoms with Crippen molar-refractivity contribution in [1.29, 1.82) is 0 Å². The van der Waals surface area contributed by atoms with Gasteiger partial charge in [0, 0.05) is 24.5 Å². The fourth-order valence-electron chi connectivity index (χ4n) is 2.76. The maximum absolute atomic E-state index is 12.4. The van der Waals surface area contributed by atoms with Crippen molar-refractivity contribution in [1.82, 2.24) is 10.3 Å². The molecule has 150 valence electrons. The largest absolute Gasteiger partial charge is 0.494 e. The summed E-state index contributed by atoms with van der Waals surface area (Å²) in [5.41, 5.74) is 2.49. The number of amides is 1. The van der Waals surface area contributed by atoms with E-state index in [0.717, 1.165) is 11.1 Å². The summed E-state index contributed by atoms with van der Waals surface area (Å²) < 4.78 is 16.7. The lowest BCUT2D eigenvalue weighted by molar-refractivity contribution is 0.0950. The van der Waals surface area contributed by atoms with E-state index >= 15 is 0 Å². The molecule has 0 saturated heterocycles. The highest BCUT2D eigenvalue weighted by molar-refractivity contribution is 5.94. The summed E-state index contributed by atoms with van der Waals surface area (Å²) >= 11 is 0. The summed E-state index contributed by atoms with van der Waals surface area (Å²) in [5.74, 6) is 1.77. The average Bonchev–Trinajstić information content (AvgIpc) is 2.77. The van der Waals surface area contributed by atoms with Crippen LogP contribution in [-0.4, -0.2) is 24.6 Å². The molecular formula is C23H24N2O4. The molecule has 3 aromatic rings. The third-order valence-corrected chi connectivity index (χ3v) is 4.23. The van der Waals surface area contributed by atoms with Crippen molar-refractivity contribution in [2.45, 2.75) is 20.1 Å². The molecule has 1 amide bonds. The van der Waals surface area contributed by atoms with Crippen molar-refractivity contribution in [3.8, 4) is 17.2 Å². The smallest absolute Gasteiger partial charge is 0.251 e. The molecule has 1 heterocycles. The lowest BCUT2D eigenvalue weighted by atomic mass is 10.1. The summed E-state index contributed by atoms with van der Waals surface area (Å²) in [6, 6.07) is 16.5. The van der Waals surface area contributed by atoms with E-state index in [9.17, 15) is 4.79 Å². The van der Waals surface area contributed by atoms with Crippen LogP contribution >= 0.6 is 0 Å². The van der Waals surface area contributed by atoms with Gasteiger partial charge in [-0.15, -0.1) is 0 Å². The molecule has 0 radical (unpaired) electrons. The number of rotatable bonds is 9. The quantitative estimate of drug-likeness (QED) is 0.596. The highest BCUT2D eigenvalue weighted by Crippen LogP contribution is 2.29. The molecule has 29 heavy (non-hydrogen) atoms. The Bertz CT molecular complexity index is 945. The Morgan fingerprint density at radius 3 is 2.55 bits per heavy atom. The number of methoxy groups -OCH3 is 1. The van der Waals surface area contributed by atoms with E-state index in [1.165, 1.54) is 0 Å². The lowest BCUT2D eigenvalue weighted by Gasteiger charge is -2.13. The van der Waals surface area contributed by atoms with Crippen LogP contribution in [0.15, 0.2) is 67.0 Å². The number of hydrogen-bond acceptors (Lipinski definition) is 5. The number of aromatic nitrogens is 1. The second-order valence-corrected chi connectivity index (χ2v) is 6.27. The zero-order chi connectivity index (χ0) is 20.5. The second-order valence-electron chi connectivity index (χ2n) is 6.27. The number of ether oxygens (including phenoxy) is 3. The molecule has 0 spiro atoms. The minimum Gasteiger partial charge on any atom is -0.494 e. The minimum atomic E-state index is -0.163. The first-order valence-electron chi connectivity index (χ1n) is 9.39. The molecule has 1 aromatic heterocycles. The van der Waals surface area contributed by atoms with Crippen molar-refractivity contribution in [3.05, 3.63) is 83.7 Å². The van der Waals surface area contributed by atoms with Crippen LogP contribution in [0.5, 0.6) is 17.2 Å². The highest BCUT2D eigenvalue weighted by Gasteiger charge is 2.09. The highest BCUT2D eigenvalue weighted by atomic mass is 16.5. The maximum Gasteiger partial charge on any atom is 0.251 e. The van der Waals surface area contributed by atoms with Crippen LogP contribution in [0.1, 0.15) is 28.4 Å². The number of benzene rings is 2. The Hall–Kier alpha value is -3.54. The van der Waals surface area contributed by atoms with Gasteiger partial charge in [-0.1, -0.05) is 12.1 Å². The summed E-state index contributed by atoms with van der Waals surface area (Å²) in [6.45, 7) is 3.26. The zero-order valence-corrected chi connectivity index (χ0v) is 16.6. The fourth-order valence-corrected chi connectivity index (χ4v) is 2.76. The first kappa shape index (κ1) is 20.2. The third kappa shape index (κ3) is 5.72. The van der Waals surface area contributed by atoms with Crippen LogP contribution in [0.25, 0.3) is 0 Å². The summed E-state index contributed by atoms with van der Waals surface area (Å²) in [4.78, 5) is 16.4. The monoisotopic (exact) mass is 392 g/mol. The molecule has 0 atom stereocenters. The van der Waals surface area contributed by atoms with Gasteiger partial charge in [-0.2, -0.15) is 0 Å². The third-order valence-electron chi connectivity index (χ3n) is 4.23. The lowest BCUT2D eigenvalue weighted by Crippen LogP contribution is -2.22. The van der Waals surface area contributed by atoms with Crippen LogP contribution < -0.4 is 19.5 Å². The molecule has 0 saturated carbocycles. The topological polar surface area (TPSA) is 69.7 Å². The van der Waals surface area contributed by atoms with E-state index in [-0.39, 0.29) is 5.91 Å². The Morgan fingerprint density at radius 1 is 0.966 bits per heavy atom. The average molecular weight is 392 g/mol. The van der Waals surface area contributed by atoms with E-state index in [1.54, 1.807) is 37.7 Å². The van der Waals surface area contributed by atoms with E-state index < -0.39 is 0 Å². The van der Waals surface area contributed by atoms with E-state index in [1.807, 2.05) is 43.3 Å². The molecule has 2 aromatic carbocycles. The van der Waals surface area contributed by atoms with Crippen LogP contribution in [-0.2, 0) is 13.2 Å². The first-order chi connectivity index (χ1) is 14.2. The van der Waals surface area contributed by atoms with Crippen molar-refractivity contribution in [3.63, 3.8) is 0 Å². The van der Waals surface area contributed by atoms with Crippen molar-refractivity contribution in [2.24, 2.45) is 0 Å². The molecule has 0 aliphatic carbocycles. The normalized spacial score (nSPS) is 10.3. The van der Waals surface area contributed by atoms with Crippen molar-refractivity contribution < 1.29 is 19.0 Å². The minimum absolute atomic E-state index is 0.163. The van der Waals surface area contributed by atoms with Gasteiger partial charge in [0.1, 0.15) is 12.4 Å². The predicted octanol–water partition coefficient (Wildman–Crippen LogP) is 4.00. The van der Waals surface area contributed by atoms with Gasteiger partial charge in [0.15, 0.2) is 11.5 Å². The second kappa shape index (κ2) is 10.1. The molecule has 0 bridgehead atoms. The molecule has 3 rings (SSSR count). The molecule has 0 fully saturated rings. The molecular weight excluding hydrogens is 368 g/mol. The Morgan fingerprint density at radius 2 is 1.79 bits per heavy atom. The molecule has 1 N–H and O–H groups in total. The van der Waals surface area contributed by atoms with Gasteiger partial charge in [-0.05, 0) is 60.5 Å². The molecule has 0 unspecified atom stereocenters. The Labute approximate surface area is 170 Å². The van der Waals surface area contributed by atoms with Crippen LogP contribution in [0, 0.1) is 0 Å². The first-order valence-corrected chi connectivity index (χ1v) is 9.39. The van der Waals surface area contributed by atoms with Gasteiger partial charge in [0.05, 0.1) is 13.7 Å². The van der Waals surface area contributed by atoms with Gasteiger partial charge in [-0.3, -0.25) is 9.78 Å². The molecule has 0 aliphatic rings. The van der Waals surface area contributed by atoms with E-state index in [4.69, 9.17) is 14.2 Å². The SMILES string of the molecule is CCOc1cccc(C(=O)NCc2ccc(OCc3ccncc3)c(OC)c2)c1. The number of nitrogens with zero attached hydrogens (tertiary/aromatic N) is 1. The summed E-state index contributed by atoms with van der Waals surface area (Å²) in [5, 5.41) is 2.92. The van der Waals surface area contributed by atoms with Gasteiger partial charge in [-0.25, -0.2) is 0 Å². The maximum atomic E-state index is 12.4. The van der Waals surface area contributed by atoms with E-state index in [0.29, 0.717) is 42.6 Å². The Balaban J connectivity index is 1.61. The number of carbonyl (C=O) groups is 1. The van der Waals surface area contributed by atoms with Gasteiger partial charge >= 0.3 is 0 Å². The number of carbonyl (C=O) groups excluding carboxylic acids is 1. The predicted molar refractivity (Wildman–Crippen MR) is 110 cm³/mol. The van der Waals surface area contributed by atoms with E-state index in [2.05, 4.69) is 10.3 Å². The van der Waals surface area contributed by atoms with Crippen LogP contribution in [0.2, 0.25) is 0 Å². The molecule has 6 heteroatoms. The van der Waals surface area contributed by atoms with Crippen molar-refractivity contribution >= 4 is 5.91 Å². The zero-order valence-electron chi connectivity index (χ0n) is 16.6. The van der Waals surface area contributed by atoms with Gasteiger partial charge in [0.2, 0.25) is 0 Å². The number of nitrogens with one attached hydrogen (secondary N) is 1. The van der Waals surface area contributed by atoms with Crippen LogP contribution in [0.4, 0.5) is 0 Å². The fraction of sp³-hybridized carbons (Fsp3) is 0.217. The van der Waals surface area contributed by atoms with Gasteiger partial charge < -0.3 is 19.5 Å². The van der Waals surface area contributed by atoms with Gasteiger partial charge in [0.25, 0.3) is 5.91 Å². The van der Waals surface area contributed by atoms with Crippen molar-refractivity contribution in [2.75, 3.05) is 13.7 Å². The summed E-state index contributed by atoms with van der Waals surface area (Å²) in [6.07, 6.45) is 3.46. The van der Waals surface area contributed by atoms with Crippen LogP contribution in [0.3, 0.4) is 0 Å². The number of hydrogen-bond donors (Lipinski definition) is 1. The standard InChI is InChI=1S/C23H24N2O4/c1-3-28-20-6-4-5-19(14-20)23(26)25-15-18-7-8-21(22(13-18)27-2)29-16-17-9-11-24-12-10-17/h4-14H,3,15-16H2,1-2H3,(H,25,26).